The zero-order valence-electron chi connectivity index (χ0n) is 53.7. The summed E-state index contributed by atoms with van der Waals surface area (Å²) >= 11 is 0. The Morgan fingerprint density at radius 1 is 0.208 bits per heavy atom. The van der Waals surface area contributed by atoms with Crippen molar-refractivity contribution in [1.29, 1.82) is 0 Å². The summed E-state index contributed by atoms with van der Waals surface area (Å²) in [6.45, 7) is 4.53. The molecule has 0 saturated carbocycles. The fourth-order valence-corrected chi connectivity index (χ4v) is 15.6. The number of nitrogens with zero attached hydrogens (tertiary/aromatic N) is 2. The van der Waals surface area contributed by atoms with Crippen molar-refractivity contribution in [2.45, 2.75) is 19.3 Å². The maximum Gasteiger partial charge on any atom is 0.242 e. The van der Waals surface area contributed by atoms with Gasteiger partial charge in [0.15, 0.2) is 0 Å². The molecule has 0 amide bonds. The summed E-state index contributed by atoms with van der Waals surface area (Å²) in [5.41, 5.74) is 33.6. The van der Waals surface area contributed by atoms with E-state index in [-0.39, 0.29) is 6.71 Å². The lowest BCUT2D eigenvalue weighted by Crippen LogP contribution is -2.62. The molecule has 1 spiro atoms. The maximum atomic E-state index is 2.58. The van der Waals surface area contributed by atoms with E-state index in [0.717, 1.165) is 34.1 Å². The van der Waals surface area contributed by atoms with Crippen LogP contribution in [0.25, 0.3) is 77.9 Å². The SMILES string of the molecule is Cc1cccc(C)c1B1c2ccc(-c3ccccc3)cc2C2(c3cc(-c4ccccc4)ccc31)c1cc(N(c3ccc(-c4ccccc4)cc3)c3ccc(-c4ccccc4)cc3)ccc1-c1ccc(N(c3ccc(-c4ccccc4)cc3)c3ccc(-c4ccccc4)cc3)cc12. The van der Waals surface area contributed by atoms with Crippen LogP contribution in [0.15, 0.2) is 370 Å². The smallest absolute Gasteiger partial charge is 0.242 e. The highest BCUT2D eigenvalue weighted by atomic mass is 15.1. The highest BCUT2D eigenvalue weighted by Crippen LogP contribution is 2.60. The number of hydrogen-bond donors (Lipinski definition) is 0. The second-order valence-corrected chi connectivity index (χ2v) is 25.6. The van der Waals surface area contributed by atoms with Gasteiger partial charge in [0.1, 0.15) is 0 Å². The van der Waals surface area contributed by atoms with Gasteiger partial charge in [-0.1, -0.05) is 325 Å². The van der Waals surface area contributed by atoms with Crippen LogP contribution in [0.3, 0.4) is 0 Å². The van der Waals surface area contributed by atoms with Crippen LogP contribution in [0.5, 0.6) is 0 Å². The summed E-state index contributed by atoms with van der Waals surface area (Å²) < 4.78 is 0. The normalized spacial score (nSPS) is 12.3. The summed E-state index contributed by atoms with van der Waals surface area (Å²) in [7, 11) is 0. The molecule has 0 unspecified atom stereocenters. The molecule has 0 radical (unpaired) electrons. The van der Waals surface area contributed by atoms with Crippen molar-refractivity contribution < 1.29 is 0 Å². The third-order valence-corrected chi connectivity index (χ3v) is 20.1. The Morgan fingerprint density at radius 2 is 0.458 bits per heavy atom. The Hall–Kier alpha value is -12.0. The van der Waals surface area contributed by atoms with E-state index in [4.69, 9.17) is 0 Å². The van der Waals surface area contributed by atoms with Gasteiger partial charge in [-0.15, -0.1) is 0 Å². The van der Waals surface area contributed by atoms with Crippen LogP contribution in [0, 0.1) is 13.8 Å². The topological polar surface area (TPSA) is 6.48 Å². The van der Waals surface area contributed by atoms with Crippen LogP contribution >= 0.6 is 0 Å². The van der Waals surface area contributed by atoms with E-state index in [1.165, 1.54) is 128 Å². The molecule has 0 aromatic heterocycles. The molecule has 15 aromatic rings. The number of anilines is 6. The highest BCUT2D eigenvalue weighted by molar-refractivity contribution is 6.97. The number of hydrogen-bond acceptors (Lipinski definition) is 2. The standard InChI is InChI=1S/C93H67BN2/c1-64-22-21-23-65(2)92(64)94-90-58-44-76(70-32-17-7-18-33-70)60-88(90)93(89-61-77(45-59-91(89)94)71-34-19-8-20-35-71)86-62-82(95(78-46-36-72(37-47-78)66-24-9-3-10-25-66)79-48-38-73(39-49-79)67-26-11-4-12-27-67)54-56-84(86)85-57-55-83(63-87(85)93)96(80-50-40-74(41-51-80)68-28-13-5-14-29-68)81-52-42-75(43-53-81)69-30-15-6-16-31-69/h3-63H,1-2H3. The van der Waals surface area contributed by atoms with E-state index >= 15 is 0 Å². The first kappa shape index (κ1) is 57.8. The largest absolute Gasteiger partial charge is 0.310 e. The van der Waals surface area contributed by atoms with Crippen molar-refractivity contribution >= 4 is 57.2 Å². The van der Waals surface area contributed by atoms with Gasteiger partial charge in [-0.25, -0.2) is 0 Å². The van der Waals surface area contributed by atoms with Gasteiger partial charge in [0, 0.05) is 34.1 Å². The van der Waals surface area contributed by atoms with Gasteiger partial charge >= 0.3 is 0 Å². The predicted octanol–water partition coefficient (Wildman–Crippen LogP) is 22.4. The van der Waals surface area contributed by atoms with Crippen LogP contribution in [0.1, 0.15) is 33.4 Å². The number of aryl methyl sites for hydroxylation is 2. The van der Waals surface area contributed by atoms with E-state index in [1.54, 1.807) is 0 Å². The van der Waals surface area contributed by atoms with Crippen molar-refractivity contribution in [3.63, 3.8) is 0 Å². The lowest BCUT2D eigenvalue weighted by molar-refractivity contribution is 0.775. The van der Waals surface area contributed by atoms with Gasteiger partial charge in [0.2, 0.25) is 6.71 Å². The minimum absolute atomic E-state index is 0.0825. The fourth-order valence-electron chi connectivity index (χ4n) is 15.6. The fraction of sp³-hybridized carbons (Fsp3) is 0.0323. The van der Waals surface area contributed by atoms with Crippen molar-refractivity contribution in [2.24, 2.45) is 0 Å². The molecule has 3 heteroatoms. The first-order valence-corrected chi connectivity index (χ1v) is 33.4. The summed E-state index contributed by atoms with van der Waals surface area (Å²) in [6.07, 6.45) is 0. The lowest BCUT2D eigenvalue weighted by Gasteiger charge is -2.44. The Balaban J connectivity index is 0.962. The Bertz CT molecular complexity index is 4810. The number of rotatable bonds is 13. The van der Waals surface area contributed by atoms with Gasteiger partial charge < -0.3 is 9.80 Å². The van der Waals surface area contributed by atoms with Crippen LogP contribution in [0.4, 0.5) is 34.1 Å². The third-order valence-electron chi connectivity index (χ3n) is 20.1. The van der Waals surface area contributed by atoms with Gasteiger partial charge in [-0.05, 0) is 187 Å². The third kappa shape index (κ3) is 10.2. The van der Waals surface area contributed by atoms with Crippen LogP contribution < -0.4 is 26.2 Å². The average Bonchev–Trinajstić information content (AvgIpc) is 1.44. The summed E-state index contributed by atoms with van der Waals surface area (Å²) in [4.78, 5) is 4.94. The van der Waals surface area contributed by atoms with E-state index in [0.29, 0.717) is 0 Å². The van der Waals surface area contributed by atoms with Crippen molar-refractivity contribution in [2.75, 3.05) is 9.80 Å². The first-order valence-electron chi connectivity index (χ1n) is 33.4. The molecule has 15 aromatic carbocycles. The zero-order chi connectivity index (χ0) is 64.1. The molecule has 0 fully saturated rings. The maximum absolute atomic E-state index is 2.58. The summed E-state index contributed by atoms with van der Waals surface area (Å²) in [6, 6.07) is 138. The van der Waals surface area contributed by atoms with E-state index < -0.39 is 5.41 Å². The van der Waals surface area contributed by atoms with E-state index in [9.17, 15) is 0 Å². The molecule has 96 heavy (non-hydrogen) atoms. The second kappa shape index (κ2) is 24.5. The molecular formula is C93H67BN2. The van der Waals surface area contributed by atoms with Gasteiger partial charge in [0.25, 0.3) is 0 Å². The predicted molar refractivity (Wildman–Crippen MR) is 406 cm³/mol. The molecule has 2 nitrogen and oxygen atoms in total. The van der Waals surface area contributed by atoms with Crippen LogP contribution in [-0.2, 0) is 5.41 Å². The number of benzene rings is 15. The van der Waals surface area contributed by atoms with Gasteiger partial charge in [-0.2, -0.15) is 0 Å². The summed E-state index contributed by atoms with van der Waals surface area (Å²) in [5, 5.41) is 0. The minimum atomic E-state index is -0.885. The molecule has 0 bridgehead atoms. The molecule has 0 N–H and O–H groups in total. The van der Waals surface area contributed by atoms with Gasteiger partial charge in [-0.3, -0.25) is 0 Å². The molecule has 1 heterocycles. The van der Waals surface area contributed by atoms with Crippen molar-refractivity contribution in [3.8, 4) is 77.9 Å². The molecule has 0 atom stereocenters. The molecule has 2 aliphatic rings. The molecule has 452 valence electrons. The lowest BCUT2D eigenvalue weighted by atomic mass is 9.29. The van der Waals surface area contributed by atoms with Crippen molar-refractivity contribution in [3.05, 3.63) is 403 Å². The summed E-state index contributed by atoms with van der Waals surface area (Å²) in [5.74, 6) is 0. The Labute approximate surface area is 564 Å². The van der Waals surface area contributed by atoms with Crippen molar-refractivity contribution in [1.82, 2.24) is 0 Å². The second-order valence-electron chi connectivity index (χ2n) is 25.6. The molecule has 17 rings (SSSR count). The highest BCUT2D eigenvalue weighted by Gasteiger charge is 2.54. The van der Waals surface area contributed by atoms with E-state index in [1.807, 2.05) is 0 Å². The Kier molecular flexibility index (Phi) is 14.7. The molecule has 1 aliphatic carbocycles. The van der Waals surface area contributed by atoms with Crippen LogP contribution in [-0.4, -0.2) is 6.71 Å². The molecule has 1 aliphatic heterocycles. The number of fused-ring (bicyclic) bond motifs is 9. The zero-order valence-corrected chi connectivity index (χ0v) is 53.7. The van der Waals surface area contributed by atoms with Crippen LogP contribution in [0.2, 0.25) is 0 Å². The minimum Gasteiger partial charge on any atom is -0.310 e. The van der Waals surface area contributed by atoms with E-state index in [2.05, 4.69) is 394 Å². The first-order chi connectivity index (χ1) is 47.4. The monoisotopic (exact) mass is 1220 g/mol. The van der Waals surface area contributed by atoms with Gasteiger partial charge in [0.05, 0.1) is 5.41 Å². The quantitative estimate of drug-likeness (QED) is 0.106. The molecule has 0 saturated heterocycles. The molecular weight excluding hydrogens is 1160 g/mol. The Morgan fingerprint density at radius 3 is 0.750 bits per heavy atom. The average molecular weight is 1220 g/mol.